The number of carboxylic acid groups (broad SMARTS) is 1. The predicted molar refractivity (Wildman–Crippen MR) is 122 cm³/mol. The summed E-state index contributed by atoms with van der Waals surface area (Å²) in [7, 11) is 0. The zero-order valence-corrected chi connectivity index (χ0v) is 19.4. The van der Waals surface area contributed by atoms with E-state index in [9.17, 15) is 14.7 Å². The summed E-state index contributed by atoms with van der Waals surface area (Å²) in [5, 5.41) is 14.8. The Bertz CT molecular complexity index is 945. The first-order valence-electron chi connectivity index (χ1n) is 10.4. The molecule has 0 saturated carbocycles. The van der Waals surface area contributed by atoms with Crippen LogP contribution in [0.25, 0.3) is 11.1 Å². The van der Waals surface area contributed by atoms with E-state index in [1.807, 2.05) is 31.2 Å². The number of alkyl carbamates (subject to hydrolysis) is 1. The molecule has 0 unspecified atom stereocenters. The van der Waals surface area contributed by atoms with E-state index in [4.69, 9.17) is 9.72 Å². The lowest BCUT2D eigenvalue weighted by Crippen LogP contribution is -2.32. The number of ether oxygens (including phenoxy) is 1. The van der Waals surface area contributed by atoms with Crippen LogP contribution in [0.2, 0.25) is 0 Å². The van der Waals surface area contributed by atoms with Crippen molar-refractivity contribution in [1.82, 2.24) is 10.3 Å². The Kier molecular flexibility index (Phi) is 7.65. The maximum atomic E-state index is 12.3. The second-order valence-electron chi connectivity index (χ2n) is 9.12. The lowest BCUT2D eigenvalue weighted by atomic mass is 9.92. The molecule has 168 valence electrons. The number of nitrogens with zero attached hydrogens (tertiary/aromatic N) is 1. The molecule has 2 aromatic rings. The molecule has 0 aliphatic heterocycles. The summed E-state index contributed by atoms with van der Waals surface area (Å²) in [6.07, 6.45) is -1.01. The molecule has 2 rings (SSSR count). The number of nitrogens with one attached hydrogen (secondary N) is 2. The largest absolute Gasteiger partial charge is 0.465 e. The van der Waals surface area contributed by atoms with Gasteiger partial charge in [-0.05, 0) is 52.5 Å². The highest BCUT2D eigenvalue weighted by molar-refractivity contribution is 5.93. The minimum Gasteiger partial charge on any atom is -0.465 e. The molecule has 0 aliphatic rings. The minimum absolute atomic E-state index is 0.168. The molecule has 0 radical (unpaired) electrons. The molecule has 1 aromatic heterocycles. The quantitative estimate of drug-likeness (QED) is 0.551. The molecule has 0 aliphatic carbocycles. The van der Waals surface area contributed by atoms with E-state index < -0.39 is 17.8 Å². The van der Waals surface area contributed by atoms with Crippen LogP contribution in [0.15, 0.2) is 24.3 Å². The van der Waals surface area contributed by atoms with Crippen LogP contribution in [0.4, 0.5) is 15.3 Å². The van der Waals surface area contributed by atoms with Crippen LogP contribution in [-0.4, -0.2) is 27.9 Å². The number of aromatic nitrogens is 1. The number of amides is 2. The summed E-state index contributed by atoms with van der Waals surface area (Å²) in [5.41, 5.74) is 4.67. The Balaban J connectivity index is 2.64. The Morgan fingerprint density at radius 1 is 1.13 bits per heavy atom. The van der Waals surface area contributed by atoms with Gasteiger partial charge >= 0.3 is 12.2 Å². The van der Waals surface area contributed by atoms with Crippen LogP contribution in [-0.2, 0) is 17.7 Å². The molecule has 7 heteroatoms. The lowest BCUT2D eigenvalue weighted by molar-refractivity contribution is 0.0523. The first-order chi connectivity index (χ1) is 14.4. The Morgan fingerprint density at radius 2 is 1.74 bits per heavy atom. The van der Waals surface area contributed by atoms with E-state index in [0.717, 1.165) is 27.9 Å². The van der Waals surface area contributed by atoms with Crippen LogP contribution in [0.3, 0.4) is 0 Å². The maximum absolute atomic E-state index is 12.3. The van der Waals surface area contributed by atoms with Crippen LogP contribution < -0.4 is 10.6 Å². The van der Waals surface area contributed by atoms with Gasteiger partial charge in [-0.25, -0.2) is 9.59 Å². The van der Waals surface area contributed by atoms with Crippen LogP contribution >= 0.6 is 0 Å². The van der Waals surface area contributed by atoms with Crippen molar-refractivity contribution in [2.45, 2.75) is 67.0 Å². The molecule has 0 bridgehead atoms. The van der Waals surface area contributed by atoms with Gasteiger partial charge in [0, 0.05) is 23.4 Å². The van der Waals surface area contributed by atoms with Gasteiger partial charge in [0.1, 0.15) is 5.60 Å². The first kappa shape index (κ1) is 24.2. The van der Waals surface area contributed by atoms with Crippen molar-refractivity contribution >= 4 is 17.9 Å². The SMILES string of the molecule is Cc1ccc(-c2c(CNC(=O)OC(C)(C)C)c(CC(C)C)nc(C)c2NC(=O)O)cc1. The minimum atomic E-state index is -1.17. The van der Waals surface area contributed by atoms with Crippen LogP contribution in [0.5, 0.6) is 0 Å². The molecule has 0 fully saturated rings. The zero-order valence-electron chi connectivity index (χ0n) is 19.4. The topological polar surface area (TPSA) is 101 Å². The summed E-state index contributed by atoms with van der Waals surface area (Å²) in [6, 6.07) is 7.85. The number of pyridine rings is 1. The fraction of sp³-hybridized carbons (Fsp3) is 0.458. The van der Waals surface area contributed by atoms with Crippen molar-refractivity contribution in [3.8, 4) is 11.1 Å². The molecular weight excluding hydrogens is 394 g/mol. The molecule has 0 atom stereocenters. The molecule has 7 nitrogen and oxygen atoms in total. The second-order valence-corrected chi connectivity index (χ2v) is 9.12. The number of anilines is 1. The van der Waals surface area contributed by atoms with Crippen molar-refractivity contribution in [3.05, 3.63) is 46.8 Å². The number of benzene rings is 1. The van der Waals surface area contributed by atoms with E-state index in [2.05, 4.69) is 24.5 Å². The summed E-state index contributed by atoms with van der Waals surface area (Å²) >= 11 is 0. The smallest absolute Gasteiger partial charge is 0.409 e. The van der Waals surface area contributed by atoms with E-state index >= 15 is 0 Å². The van der Waals surface area contributed by atoms with Gasteiger partial charge in [-0.1, -0.05) is 43.7 Å². The van der Waals surface area contributed by atoms with Gasteiger partial charge in [0.05, 0.1) is 11.4 Å². The number of aryl methyl sites for hydroxylation is 2. The third-order valence-corrected chi connectivity index (χ3v) is 4.55. The molecule has 1 heterocycles. The van der Waals surface area contributed by atoms with Gasteiger partial charge in [-0.15, -0.1) is 0 Å². The summed E-state index contributed by atoms with van der Waals surface area (Å²) in [6.45, 7) is 13.5. The van der Waals surface area contributed by atoms with Crippen molar-refractivity contribution in [1.29, 1.82) is 0 Å². The normalized spacial score (nSPS) is 11.4. The molecule has 2 amide bonds. The number of hydrogen-bond acceptors (Lipinski definition) is 4. The molecule has 31 heavy (non-hydrogen) atoms. The van der Waals surface area contributed by atoms with Crippen LogP contribution in [0, 0.1) is 19.8 Å². The van der Waals surface area contributed by atoms with Crippen LogP contribution in [0.1, 0.15) is 57.1 Å². The number of carbonyl (C=O) groups excluding carboxylic acids is 1. The van der Waals surface area contributed by atoms with Crippen molar-refractivity contribution < 1.29 is 19.4 Å². The zero-order chi connectivity index (χ0) is 23.3. The fourth-order valence-corrected chi connectivity index (χ4v) is 3.32. The molecule has 3 N–H and O–H groups in total. The molecular formula is C24H33N3O4. The molecule has 1 aromatic carbocycles. The Hall–Kier alpha value is -3.09. The van der Waals surface area contributed by atoms with E-state index in [0.29, 0.717) is 23.7 Å². The van der Waals surface area contributed by atoms with E-state index in [1.54, 1.807) is 27.7 Å². The third kappa shape index (κ3) is 6.98. The van der Waals surface area contributed by atoms with Gasteiger partial charge in [-0.2, -0.15) is 0 Å². The van der Waals surface area contributed by atoms with Gasteiger partial charge in [0.2, 0.25) is 0 Å². The summed E-state index contributed by atoms with van der Waals surface area (Å²) < 4.78 is 5.38. The monoisotopic (exact) mass is 427 g/mol. The van der Waals surface area contributed by atoms with Gasteiger partial charge in [0.25, 0.3) is 0 Å². The predicted octanol–water partition coefficient (Wildman–Crippen LogP) is 5.68. The highest BCUT2D eigenvalue weighted by Crippen LogP contribution is 2.36. The van der Waals surface area contributed by atoms with Gasteiger partial charge in [-0.3, -0.25) is 10.3 Å². The molecule has 0 saturated heterocycles. The number of carbonyl (C=O) groups is 2. The maximum Gasteiger partial charge on any atom is 0.409 e. The van der Waals surface area contributed by atoms with E-state index in [1.165, 1.54) is 0 Å². The lowest BCUT2D eigenvalue weighted by Gasteiger charge is -2.23. The standard InChI is InChI=1S/C24H33N3O4/c1-14(2)12-19-18(13-25-23(30)31-24(5,6)7)20(17-10-8-15(3)9-11-17)21(16(4)26-19)27-22(28)29/h8-11,14,27H,12-13H2,1-7H3,(H,25,30)(H,28,29). The van der Waals surface area contributed by atoms with Crippen molar-refractivity contribution in [2.24, 2.45) is 5.92 Å². The average Bonchev–Trinajstić information content (AvgIpc) is 2.61. The van der Waals surface area contributed by atoms with E-state index in [-0.39, 0.29) is 6.54 Å². The number of hydrogen-bond donors (Lipinski definition) is 3. The fourth-order valence-electron chi connectivity index (χ4n) is 3.32. The highest BCUT2D eigenvalue weighted by Gasteiger charge is 2.23. The van der Waals surface area contributed by atoms with Gasteiger partial charge in [0.15, 0.2) is 0 Å². The molecule has 0 spiro atoms. The first-order valence-corrected chi connectivity index (χ1v) is 10.4. The Labute approximate surface area is 184 Å². The third-order valence-electron chi connectivity index (χ3n) is 4.55. The van der Waals surface area contributed by atoms with Crippen molar-refractivity contribution in [3.63, 3.8) is 0 Å². The summed E-state index contributed by atoms with van der Waals surface area (Å²) in [5.74, 6) is 0.330. The second kappa shape index (κ2) is 9.81. The summed E-state index contributed by atoms with van der Waals surface area (Å²) in [4.78, 5) is 28.6. The van der Waals surface area contributed by atoms with Gasteiger partial charge < -0.3 is 15.2 Å². The van der Waals surface area contributed by atoms with Crippen molar-refractivity contribution in [2.75, 3.05) is 5.32 Å². The highest BCUT2D eigenvalue weighted by atomic mass is 16.6. The Morgan fingerprint density at radius 3 is 2.26 bits per heavy atom. The average molecular weight is 428 g/mol. The number of rotatable bonds is 6.